The van der Waals surface area contributed by atoms with E-state index in [-0.39, 0.29) is 11.3 Å². The SMILES string of the molecule is FC(F)(Oc1cccc(C(Cl)(Cl)Cl)c1)C(Cl)(Cl)Cl. The Morgan fingerprint density at radius 1 is 0.944 bits per heavy atom. The van der Waals surface area contributed by atoms with Crippen LogP contribution in [0.5, 0.6) is 5.75 Å². The zero-order chi connectivity index (χ0) is 14.2. The fraction of sp³-hybridized carbons (Fsp3) is 0.333. The van der Waals surface area contributed by atoms with E-state index in [1.54, 1.807) is 0 Å². The van der Waals surface area contributed by atoms with Crippen LogP contribution in [0.25, 0.3) is 0 Å². The quantitative estimate of drug-likeness (QED) is 0.586. The van der Waals surface area contributed by atoms with E-state index in [4.69, 9.17) is 69.6 Å². The van der Waals surface area contributed by atoms with Gasteiger partial charge in [0.1, 0.15) is 5.75 Å². The highest BCUT2D eigenvalue weighted by Crippen LogP contribution is 2.44. The van der Waals surface area contributed by atoms with Crippen LogP contribution in [0.4, 0.5) is 8.78 Å². The lowest BCUT2D eigenvalue weighted by Crippen LogP contribution is -2.39. The molecule has 0 aliphatic heterocycles. The highest BCUT2D eigenvalue weighted by molar-refractivity contribution is 6.68. The molecule has 0 N–H and O–H groups in total. The lowest BCUT2D eigenvalue weighted by atomic mass is 10.2. The predicted molar refractivity (Wildman–Crippen MR) is 71.5 cm³/mol. The largest absolute Gasteiger partial charge is 0.446 e. The van der Waals surface area contributed by atoms with Crippen molar-refractivity contribution < 1.29 is 13.5 Å². The van der Waals surface area contributed by atoms with Crippen LogP contribution in [-0.4, -0.2) is 9.90 Å². The molecule has 1 rings (SSSR count). The van der Waals surface area contributed by atoms with Crippen molar-refractivity contribution in [3.63, 3.8) is 0 Å². The second kappa shape index (κ2) is 5.55. The highest BCUT2D eigenvalue weighted by atomic mass is 35.6. The molecule has 0 heterocycles. The molecule has 18 heavy (non-hydrogen) atoms. The van der Waals surface area contributed by atoms with E-state index < -0.39 is 13.7 Å². The number of ether oxygens (including phenoxy) is 1. The monoisotopic (exact) mass is 376 g/mol. The molecule has 1 aromatic rings. The van der Waals surface area contributed by atoms with Crippen LogP contribution in [0.1, 0.15) is 5.56 Å². The Bertz CT molecular complexity index is 426. The lowest BCUT2D eigenvalue weighted by molar-refractivity contribution is -0.171. The summed E-state index contributed by atoms with van der Waals surface area (Å²) in [7, 11) is 0. The van der Waals surface area contributed by atoms with Crippen LogP contribution in [-0.2, 0) is 3.79 Å². The summed E-state index contributed by atoms with van der Waals surface area (Å²) in [5, 5.41) is 0. The number of benzene rings is 1. The Balaban J connectivity index is 3.00. The number of alkyl halides is 8. The molecule has 0 atom stereocenters. The van der Waals surface area contributed by atoms with Gasteiger partial charge in [-0.3, -0.25) is 0 Å². The van der Waals surface area contributed by atoms with Crippen LogP contribution in [0.3, 0.4) is 0 Å². The fourth-order valence-corrected chi connectivity index (χ4v) is 1.41. The minimum atomic E-state index is -4.02. The van der Waals surface area contributed by atoms with Gasteiger partial charge in [-0.1, -0.05) is 81.7 Å². The van der Waals surface area contributed by atoms with Gasteiger partial charge in [-0.15, -0.1) is 0 Å². The van der Waals surface area contributed by atoms with Crippen LogP contribution in [0.2, 0.25) is 0 Å². The molecule has 0 aliphatic rings. The van der Waals surface area contributed by atoms with Crippen molar-refractivity contribution in [1.29, 1.82) is 0 Å². The molecule has 0 amide bonds. The summed E-state index contributed by atoms with van der Waals surface area (Å²) in [5.41, 5.74) is 0.144. The first-order valence-electron chi connectivity index (χ1n) is 4.24. The van der Waals surface area contributed by atoms with Gasteiger partial charge in [-0.05, 0) is 12.1 Å². The van der Waals surface area contributed by atoms with Crippen molar-refractivity contribution in [2.45, 2.75) is 13.7 Å². The summed E-state index contributed by atoms with van der Waals surface area (Å²) in [5.74, 6) is -0.296. The number of hydrogen-bond acceptors (Lipinski definition) is 1. The Kier molecular flexibility index (Phi) is 5.14. The van der Waals surface area contributed by atoms with Crippen molar-refractivity contribution in [3.8, 4) is 5.75 Å². The van der Waals surface area contributed by atoms with Crippen molar-refractivity contribution in [2.75, 3.05) is 0 Å². The van der Waals surface area contributed by atoms with Gasteiger partial charge in [0.15, 0.2) is 0 Å². The molecule has 0 aromatic heterocycles. The summed E-state index contributed by atoms with van der Waals surface area (Å²) in [4.78, 5) is 0. The summed E-state index contributed by atoms with van der Waals surface area (Å²) in [6.07, 6.45) is -4.02. The highest BCUT2D eigenvalue weighted by Gasteiger charge is 2.54. The molecular weight excluding hydrogens is 375 g/mol. The Hall–Kier alpha value is 0.620. The molecule has 0 unspecified atom stereocenters. The van der Waals surface area contributed by atoms with Gasteiger partial charge in [-0.2, -0.15) is 8.78 Å². The third-order valence-corrected chi connectivity index (χ3v) is 3.05. The molecule has 0 bridgehead atoms. The van der Waals surface area contributed by atoms with E-state index in [2.05, 4.69) is 4.74 Å². The molecule has 0 spiro atoms. The van der Waals surface area contributed by atoms with Crippen molar-refractivity contribution in [1.82, 2.24) is 0 Å². The summed E-state index contributed by atoms with van der Waals surface area (Å²) < 4.78 is 26.3. The van der Waals surface area contributed by atoms with Gasteiger partial charge < -0.3 is 4.74 Å². The van der Waals surface area contributed by atoms with E-state index in [1.165, 1.54) is 18.2 Å². The van der Waals surface area contributed by atoms with E-state index in [0.717, 1.165) is 6.07 Å². The second-order valence-corrected chi connectivity index (χ2v) is 7.70. The smallest absolute Gasteiger partial charge is 0.429 e. The zero-order valence-electron chi connectivity index (χ0n) is 8.24. The molecule has 9 heteroatoms. The van der Waals surface area contributed by atoms with E-state index in [9.17, 15) is 8.78 Å². The molecule has 102 valence electrons. The van der Waals surface area contributed by atoms with Gasteiger partial charge in [0.2, 0.25) is 3.79 Å². The first-order valence-corrected chi connectivity index (χ1v) is 6.51. The van der Waals surface area contributed by atoms with Crippen LogP contribution in [0, 0.1) is 0 Å². The molecule has 1 nitrogen and oxygen atoms in total. The number of halogens is 8. The van der Waals surface area contributed by atoms with Gasteiger partial charge in [0.05, 0.1) is 0 Å². The minimum absolute atomic E-state index is 0.144. The molecule has 0 fully saturated rings. The molecule has 0 radical (unpaired) electrons. The summed E-state index contributed by atoms with van der Waals surface area (Å²) in [6, 6.07) is 5.11. The van der Waals surface area contributed by atoms with Gasteiger partial charge in [0.25, 0.3) is 3.79 Å². The third kappa shape index (κ3) is 4.32. The van der Waals surface area contributed by atoms with Crippen LogP contribution in [0.15, 0.2) is 24.3 Å². The maximum Gasteiger partial charge on any atom is 0.446 e. The number of hydrogen-bond donors (Lipinski definition) is 0. The first kappa shape index (κ1) is 16.7. The average Bonchev–Trinajstić information content (AvgIpc) is 2.14. The summed E-state index contributed by atoms with van der Waals surface area (Å²) >= 11 is 32.1. The van der Waals surface area contributed by atoms with Crippen LogP contribution < -0.4 is 4.74 Å². The van der Waals surface area contributed by atoms with E-state index in [1.807, 2.05) is 0 Å². The molecule has 0 aliphatic carbocycles. The molecule has 0 saturated heterocycles. The maximum absolute atomic E-state index is 13.3. The lowest BCUT2D eigenvalue weighted by Gasteiger charge is -2.24. The Morgan fingerprint density at radius 3 is 1.94 bits per heavy atom. The van der Waals surface area contributed by atoms with Crippen molar-refractivity contribution in [3.05, 3.63) is 29.8 Å². The number of rotatable bonds is 2. The minimum Gasteiger partial charge on any atom is -0.429 e. The predicted octanol–water partition coefficient (Wildman–Crippen LogP) is 5.86. The Morgan fingerprint density at radius 2 is 1.50 bits per heavy atom. The summed E-state index contributed by atoms with van der Waals surface area (Å²) in [6.45, 7) is 0. The maximum atomic E-state index is 13.3. The standard InChI is InChI=1S/C9H4Cl6F2O/c10-7(11,12)5-2-1-3-6(4-5)18-9(16,17)8(13,14)15/h1-4H. The molecule has 1 aromatic carbocycles. The van der Waals surface area contributed by atoms with Gasteiger partial charge >= 0.3 is 6.11 Å². The average molecular weight is 379 g/mol. The molecule has 0 saturated carbocycles. The normalized spacial score (nSPS) is 13.6. The zero-order valence-corrected chi connectivity index (χ0v) is 12.8. The first-order chi connectivity index (χ1) is 7.93. The second-order valence-electron chi connectivity index (χ2n) is 3.14. The van der Waals surface area contributed by atoms with Gasteiger partial charge in [0, 0.05) is 5.56 Å². The fourth-order valence-electron chi connectivity index (χ4n) is 0.942. The van der Waals surface area contributed by atoms with Crippen molar-refractivity contribution >= 4 is 69.6 Å². The third-order valence-electron chi connectivity index (χ3n) is 1.74. The van der Waals surface area contributed by atoms with E-state index in [0.29, 0.717) is 0 Å². The Labute approximate surface area is 132 Å². The van der Waals surface area contributed by atoms with Crippen LogP contribution >= 0.6 is 69.6 Å². The van der Waals surface area contributed by atoms with Gasteiger partial charge in [-0.25, -0.2) is 0 Å². The van der Waals surface area contributed by atoms with Crippen molar-refractivity contribution in [2.24, 2.45) is 0 Å². The molecular formula is C9H4Cl6F2O. The van der Waals surface area contributed by atoms with E-state index >= 15 is 0 Å². The topological polar surface area (TPSA) is 9.23 Å².